The van der Waals surface area contributed by atoms with E-state index in [0.29, 0.717) is 24.5 Å². The van der Waals surface area contributed by atoms with E-state index >= 15 is 0 Å². The Kier molecular flexibility index (Phi) is 8.85. The molecule has 3 N–H and O–H groups in total. The number of β-amino-alcohol motifs (C(OH)–C–C–N with tert-alkyl or cyclic N) is 1. The minimum absolute atomic E-state index is 0.137. The van der Waals surface area contributed by atoms with Crippen LogP contribution in [0.15, 0.2) is 53.4 Å². The van der Waals surface area contributed by atoms with Crippen LogP contribution in [-0.2, 0) is 14.8 Å². The van der Waals surface area contributed by atoms with Gasteiger partial charge in [0.25, 0.3) is 0 Å². The molecule has 3 rings (SSSR count). The summed E-state index contributed by atoms with van der Waals surface area (Å²) in [5, 5.41) is 13.1. The maximum Gasteiger partial charge on any atom is 0.240 e. The number of carbonyl (C=O) groups is 1. The number of anilines is 1. The summed E-state index contributed by atoms with van der Waals surface area (Å²) in [6.45, 7) is 5.95. The van der Waals surface area contributed by atoms with Crippen LogP contribution >= 0.6 is 0 Å². The molecule has 1 aliphatic heterocycles. The molecule has 1 fully saturated rings. The van der Waals surface area contributed by atoms with Crippen LogP contribution in [0.5, 0.6) is 5.75 Å². The number of ether oxygens (including phenoxy) is 1. The number of sulfonamides is 1. The fourth-order valence-electron chi connectivity index (χ4n) is 3.89. The number of hydrogen-bond acceptors (Lipinski definition) is 6. The van der Waals surface area contributed by atoms with E-state index in [1.165, 1.54) is 6.92 Å². The summed E-state index contributed by atoms with van der Waals surface area (Å²) in [6.07, 6.45) is 1.23. The zero-order valence-corrected chi connectivity index (χ0v) is 20.0. The normalized spacial score (nSPS) is 18.0. The van der Waals surface area contributed by atoms with Gasteiger partial charge in [0.15, 0.2) is 0 Å². The number of piperidine rings is 1. The number of aliphatic hydroxyl groups is 1. The molecule has 2 aromatic rings. The summed E-state index contributed by atoms with van der Waals surface area (Å²) >= 11 is 0. The summed E-state index contributed by atoms with van der Waals surface area (Å²) in [5.74, 6) is 0.667. The third kappa shape index (κ3) is 8.12. The van der Waals surface area contributed by atoms with Gasteiger partial charge in [0.2, 0.25) is 15.9 Å². The topological polar surface area (TPSA) is 108 Å². The van der Waals surface area contributed by atoms with Crippen molar-refractivity contribution in [2.75, 3.05) is 38.1 Å². The highest BCUT2D eigenvalue weighted by Crippen LogP contribution is 2.19. The lowest BCUT2D eigenvalue weighted by Crippen LogP contribution is -2.44. The molecule has 0 radical (unpaired) electrons. The van der Waals surface area contributed by atoms with Crippen LogP contribution in [0.4, 0.5) is 5.69 Å². The Bertz CT molecular complexity index is 1010. The largest absolute Gasteiger partial charge is 0.491 e. The number of nitrogens with one attached hydrogen (secondary N) is 2. The molecule has 0 saturated carbocycles. The smallest absolute Gasteiger partial charge is 0.240 e. The van der Waals surface area contributed by atoms with Crippen LogP contribution in [0.25, 0.3) is 0 Å². The Labute approximate surface area is 196 Å². The van der Waals surface area contributed by atoms with Gasteiger partial charge in [0.1, 0.15) is 18.5 Å². The molecular formula is C24H33N3O5S. The maximum atomic E-state index is 12.5. The number of benzene rings is 2. The predicted molar refractivity (Wildman–Crippen MR) is 128 cm³/mol. The number of aliphatic hydroxyl groups excluding tert-OH is 1. The first-order chi connectivity index (χ1) is 15.7. The number of nitrogens with zero attached hydrogens (tertiary/aromatic N) is 1. The van der Waals surface area contributed by atoms with Crippen molar-refractivity contribution in [1.82, 2.24) is 9.62 Å². The van der Waals surface area contributed by atoms with Gasteiger partial charge in [-0.1, -0.05) is 17.7 Å². The van der Waals surface area contributed by atoms with Gasteiger partial charge in [-0.3, -0.25) is 4.79 Å². The first kappa shape index (κ1) is 25.2. The van der Waals surface area contributed by atoms with E-state index in [4.69, 9.17) is 4.74 Å². The summed E-state index contributed by atoms with van der Waals surface area (Å²) in [5.41, 5.74) is 1.70. The van der Waals surface area contributed by atoms with Gasteiger partial charge in [-0.25, -0.2) is 13.1 Å². The maximum absolute atomic E-state index is 12.5. The predicted octanol–water partition coefficient (Wildman–Crippen LogP) is 2.38. The summed E-state index contributed by atoms with van der Waals surface area (Å²) in [7, 11) is -3.53. The van der Waals surface area contributed by atoms with Crippen molar-refractivity contribution in [3.05, 3.63) is 54.1 Å². The average molecular weight is 476 g/mol. The molecule has 9 heteroatoms. The van der Waals surface area contributed by atoms with Crippen LogP contribution < -0.4 is 14.8 Å². The first-order valence-corrected chi connectivity index (χ1v) is 12.7. The van der Waals surface area contributed by atoms with Crippen molar-refractivity contribution < 1.29 is 23.1 Å². The quantitative estimate of drug-likeness (QED) is 0.487. The first-order valence-electron chi connectivity index (χ1n) is 11.2. The SMILES string of the molecule is CC(=O)Nc1ccc(OCC(O)CN2CCCC(CNS(=O)(=O)c3ccc(C)cc3)C2)cc1. The summed E-state index contributed by atoms with van der Waals surface area (Å²) in [4.78, 5) is 13.5. The molecule has 2 atom stereocenters. The standard InChI is InChI=1S/C24H33N3O5S/c1-18-5-11-24(12-6-18)33(30,31)25-14-20-4-3-13-27(15-20)16-22(29)17-32-23-9-7-21(8-10-23)26-19(2)28/h5-12,20,22,25,29H,3-4,13-17H2,1-2H3,(H,26,28). The minimum atomic E-state index is -3.53. The Balaban J connectivity index is 1.42. The Morgan fingerprint density at radius 2 is 1.88 bits per heavy atom. The molecule has 1 aliphatic rings. The van der Waals surface area contributed by atoms with Gasteiger partial charge in [-0.2, -0.15) is 0 Å². The fourth-order valence-corrected chi connectivity index (χ4v) is 5.01. The highest BCUT2D eigenvalue weighted by atomic mass is 32.2. The fraction of sp³-hybridized carbons (Fsp3) is 0.458. The molecule has 1 saturated heterocycles. The lowest BCUT2D eigenvalue weighted by Gasteiger charge is -2.34. The van der Waals surface area contributed by atoms with E-state index in [2.05, 4.69) is 14.9 Å². The highest BCUT2D eigenvalue weighted by Gasteiger charge is 2.24. The van der Waals surface area contributed by atoms with E-state index < -0.39 is 16.1 Å². The van der Waals surface area contributed by atoms with Gasteiger partial charge in [-0.15, -0.1) is 0 Å². The van der Waals surface area contributed by atoms with E-state index in [-0.39, 0.29) is 23.3 Å². The number of likely N-dealkylation sites (tertiary alicyclic amines) is 1. The van der Waals surface area contributed by atoms with Crippen molar-refractivity contribution >= 4 is 21.6 Å². The molecule has 33 heavy (non-hydrogen) atoms. The van der Waals surface area contributed by atoms with Crippen LogP contribution in [0.3, 0.4) is 0 Å². The van der Waals surface area contributed by atoms with Crippen LogP contribution in [0.1, 0.15) is 25.3 Å². The van der Waals surface area contributed by atoms with Crippen LogP contribution in [0, 0.1) is 12.8 Å². The Morgan fingerprint density at radius 3 is 2.55 bits per heavy atom. The zero-order valence-electron chi connectivity index (χ0n) is 19.2. The highest BCUT2D eigenvalue weighted by molar-refractivity contribution is 7.89. The number of carbonyl (C=O) groups excluding carboxylic acids is 1. The van der Waals surface area contributed by atoms with Crippen LogP contribution in [0.2, 0.25) is 0 Å². The Hall–Kier alpha value is -2.46. The molecule has 180 valence electrons. The van der Waals surface area contributed by atoms with Crippen molar-refractivity contribution in [1.29, 1.82) is 0 Å². The van der Waals surface area contributed by atoms with E-state index in [1.807, 2.05) is 6.92 Å². The Morgan fingerprint density at radius 1 is 1.18 bits per heavy atom. The third-order valence-corrected chi connectivity index (χ3v) is 7.02. The number of aryl methyl sites for hydroxylation is 1. The van der Waals surface area contributed by atoms with Gasteiger partial charge in [0, 0.05) is 32.2 Å². The molecule has 2 unspecified atom stereocenters. The number of hydrogen-bond donors (Lipinski definition) is 3. The molecule has 0 aromatic heterocycles. The number of amides is 1. The van der Waals surface area contributed by atoms with Gasteiger partial charge < -0.3 is 20.1 Å². The molecule has 1 heterocycles. The third-order valence-electron chi connectivity index (χ3n) is 5.58. The van der Waals surface area contributed by atoms with Crippen molar-refractivity contribution in [3.8, 4) is 5.75 Å². The van der Waals surface area contributed by atoms with E-state index in [0.717, 1.165) is 31.5 Å². The lowest BCUT2D eigenvalue weighted by molar-refractivity contribution is -0.114. The lowest BCUT2D eigenvalue weighted by atomic mass is 9.98. The van der Waals surface area contributed by atoms with Crippen molar-refractivity contribution in [2.45, 2.75) is 37.7 Å². The van der Waals surface area contributed by atoms with Gasteiger partial charge in [-0.05, 0) is 68.6 Å². The van der Waals surface area contributed by atoms with Crippen LogP contribution in [-0.4, -0.2) is 63.2 Å². The van der Waals surface area contributed by atoms with Crippen molar-refractivity contribution in [2.24, 2.45) is 5.92 Å². The molecule has 8 nitrogen and oxygen atoms in total. The number of rotatable bonds is 10. The minimum Gasteiger partial charge on any atom is -0.491 e. The second-order valence-corrected chi connectivity index (χ2v) is 10.4. The summed E-state index contributed by atoms with van der Waals surface area (Å²) in [6, 6.07) is 13.8. The van der Waals surface area contributed by atoms with E-state index in [1.54, 1.807) is 48.5 Å². The zero-order chi connectivity index (χ0) is 23.8. The molecule has 1 amide bonds. The van der Waals surface area contributed by atoms with E-state index in [9.17, 15) is 18.3 Å². The monoisotopic (exact) mass is 475 g/mol. The molecular weight excluding hydrogens is 442 g/mol. The van der Waals surface area contributed by atoms with Gasteiger partial charge in [0.05, 0.1) is 4.90 Å². The molecule has 0 bridgehead atoms. The van der Waals surface area contributed by atoms with Gasteiger partial charge >= 0.3 is 0 Å². The van der Waals surface area contributed by atoms with Crippen molar-refractivity contribution in [3.63, 3.8) is 0 Å². The second kappa shape index (κ2) is 11.6. The molecule has 0 spiro atoms. The average Bonchev–Trinajstić information content (AvgIpc) is 2.77. The molecule has 0 aliphatic carbocycles. The molecule has 2 aromatic carbocycles. The second-order valence-electron chi connectivity index (χ2n) is 8.60. The summed E-state index contributed by atoms with van der Waals surface area (Å²) < 4.78 is 33.5.